The van der Waals surface area contributed by atoms with E-state index in [1.54, 1.807) is 0 Å². The van der Waals surface area contributed by atoms with Gasteiger partial charge in [-0.05, 0) is 12.1 Å². The molecule has 0 radical (unpaired) electrons. The summed E-state index contributed by atoms with van der Waals surface area (Å²) in [4.78, 5) is 0. The van der Waals surface area contributed by atoms with Gasteiger partial charge in [-0.15, -0.1) is 0 Å². The van der Waals surface area contributed by atoms with Gasteiger partial charge >= 0.3 is 0 Å². The number of ether oxygens (including phenoxy) is 1. The molecule has 1 atom stereocenters. The molecule has 0 aromatic heterocycles. The first kappa shape index (κ1) is 10.7. The number of phenols is 1. The van der Waals surface area contributed by atoms with Crippen LogP contribution < -0.4 is 10.5 Å². The van der Waals surface area contributed by atoms with Gasteiger partial charge in [0.05, 0.1) is 19.8 Å². The Balaban J connectivity index is 3.17. The van der Waals surface area contributed by atoms with Crippen LogP contribution >= 0.6 is 0 Å². The number of aliphatic hydroxyl groups is 1. The van der Waals surface area contributed by atoms with Gasteiger partial charge in [0.1, 0.15) is 0 Å². The Bertz CT molecular complexity index is 330. The van der Waals surface area contributed by atoms with Crippen LogP contribution in [0.25, 0.3) is 0 Å². The lowest BCUT2D eigenvalue weighted by Crippen LogP contribution is -2.15. The van der Waals surface area contributed by atoms with E-state index in [9.17, 15) is 9.50 Å². The van der Waals surface area contributed by atoms with Crippen molar-refractivity contribution in [3.05, 3.63) is 23.5 Å². The van der Waals surface area contributed by atoms with Crippen LogP contribution in [0, 0.1) is 5.82 Å². The SMILES string of the molecule is COc1ccc(C(N)CO)c(O)c1F. The summed E-state index contributed by atoms with van der Waals surface area (Å²) < 4.78 is 17.9. The van der Waals surface area contributed by atoms with Crippen molar-refractivity contribution in [2.45, 2.75) is 6.04 Å². The minimum absolute atomic E-state index is 0.0589. The molecular formula is C9H12FNO3. The van der Waals surface area contributed by atoms with Crippen molar-refractivity contribution in [3.63, 3.8) is 0 Å². The standard InChI is InChI=1S/C9H12FNO3/c1-14-7-3-2-5(6(11)4-12)9(13)8(7)10/h2-3,6,12-13H,4,11H2,1H3. The number of phenolic OH excluding ortho intramolecular Hbond substituents is 1. The fourth-order valence-electron chi connectivity index (χ4n) is 1.12. The zero-order chi connectivity index (χ0) is 10.7. The van der Waals surface area contributed by atoms with Crippen LogP contribution in [0.2, 0.25) is 0 Å². The Morgan fingerprint density at radius 3 is 2.71 bits per heavy atom. The number of aliphatic hydroxyl groups excluding tert-OH is 1. The summed E-state index contributed by atoms with van der Waals surface area (Å²) in [7, 11) is 1.30. The minimum atomic E-state index is -0.867. The lowest BCUT2D eigenvalue weighted by Gasteiger charge is -2.12. The molecule has 1 aromatic rings. The maximum absolute atomic E-state index is 13.2. The van der Waals surface area contributed by atoms with E-state index < -0.39 is 17.6 Å². The lowest BCUT2D eigenvalue weighted by atomic mass is 10.1. The smallest absolute Gasteiger partial charge is 0.206 e. The highest BCUT2D eigenvalue weighted by Crippen LogP contribution is 2.31. The molecular weight excluding hydrogens is 189 g/mol. The minimum Gasteiger partial charge on any atom is -0.504 e. The average Bonchev–Trinajstić information content (AvgIpc) is 2.21. The Morgan fingerprint density at radius 2 is 2.21 bits per heavy atom. The van der Waals surface area contributed by atoms with Gasteiger partial charge in [-0.1, -0.05) is 0 Å². The molecule has 0 saturated heterocycles. The van der Waals surface area contributed by atoms with E-state index in [1.165, 1.54) is 19.2 Å². The monoisotopic (exact) mass is 201 g/mol. The molecule has 0 aliphatic heterocycles. The van der Waals surface area contributed by atoms with E-state index in [4.69, 9.17) is 10.8 Å². The number of hydrogen-bond acceptors (Lipinski definition) is 4. The molecule has 0 saturated carbocycles. The molecule has 0 fully saturated rings. The Kier molecular flexibility index (Phi) is 3.27. The molecule has 1 unspecified atom stereocenters. The van der Waals surface area contributed by atoms with E-state index in [0.717, 1.165) is 0 Å². The molecule has 5 heteroatoms. The summed E-state index contributed by atoms with van der Waals surface area (Å²) in [5.41, 5.74) is 5.60. The largest absolute Gasteiger partial charge is 0.504 e. The van der Waals surface area contributed by atoms with Gasteiger partial charge in [-0.25, -0.2) is 0 Å². The molecule has 1 aromatic carbocycles. The highest BCUT2D eigenvalue weighted by Gasteiger charge is 2.16. The van der Waals surface area contributed by atoms with E-state index in [1.807, 2.05) is 0 Å². The van der Waals surface area contributed by atoms with Crippen LogP contribution in [-0.4, -0.2) is 23.9 Å². The van der Waals surface area contributed by atoms with Crippen LogP contribution in [-0.2, 0) is 0 Å². The van der Waals surface area contributed by atoms with E-state index in [-0.39, 0.29) is 17.9 Å². The first-order chi connectivity index (χ1) is 6.61. The molecule has 14 heavy (non-hydrogen) atoms. The van der Waals surface area contributed by atoms with Crippen LogP contribution in [0.3, 0.4) is 0 Å². The molecule has 4 nitrogen and oxygen atoms in total. The maximum Gasteiger partial charge on any atom is 0.206 e. The summed E-state index contributed by atoms with van der Waals surface area (Å²) in [6, 6.07) is 1.97. The van der Waals surface area contributed by atoms with Crippen molar-refractivity contribution in [1.29, 1.82) is 0 Å². The number of aromatic hydroxyl groups is 1. The van der Waals surface area contributed by atoms with Gasteiger partial charge in [0.2, 0.25) is 5.82 Å². The second kappa shape index (κ2) is 4.26. The summed E-state index contributed by atoms with van der Waals surface area (Å²) >= 11 is 0. The topological polar surface area (TPSA) is 75.7 Å². The number of nitrogens with two attached hydrogens (primary N) is 1. The lowest BCUT2D eigenvalue weighted by molar-refractivity contribution is 0.263. The fourth-order valence-corrected chi connectivity index (χ4v) is 1.12. The second-order valence-electron chi connectivity index (χ2n) is 2.81. The second-order valence-corrected chi connectivity index (χ2v) is 2.81. The van der Waals surface area contributed by atoms with E-state index in [0.29, 0.717) is 0 Å². The van der Waals surface area contributed by atoms with Crippen molar-refractivity contribution >= 4 is 0 Å². The van der Waals surface area contributed by atoms with Gasteiger partial charge in [0.15, 0.2) is 11.5 Å². The van der Waals surface area contributed by atoms with Crippen LogP contribution in [0.1, 0.15) is 11.6 Å². The maximum atomic E-state index is 13.2. The first-order valence-electron chi connectivity index (χ1n) is 4.03. The van der Waals surface area contributed by atoms with Gasteiger partial charge in [0, 0.05) is 5.56 Å². The third kappa shape index (κ3) is 1.78. The van der Waals surface area contributed by atoms with Crippen molar-refractivity contribution in [2.75, 3.05) is 13.7 Å². The molecule has 78 valence electrons. The molecule has 0 amide bonds. The van der Waals surface area contributed by atoms with Crippen LogP contribution in [0.5, 0.6) is 11.5 Å². The third-order valence-corrected chi connectivity index (χ3v) is 1.93. The van der Waals surface area contributed by atoms with E-state index >= 15 is 0 Å². The zero-order valence-electron chi connectivity index (χ0n) is 7.70. The summed E-state index contributed by atoms with van der Waals surface area (Å²) in [6.07, 6.45) is 0. The first-order valence-corrected chi connectivity index (χ1v) is 4.03. The van der Waals surface area contributed by atoms with Crippen molar-refractivity contribution < 1.29 is 19.3 Å². The molecule has 0 aliphatic rings. The highest BCUT2D eigenvalue weighted by molar-refractivity contribution is 5.43. The van der Waals surface area contributed by atoms with Gasteiger partial charge in [-0.3, -0.25) is 0 Å². The summed E-state index contributed by atoms with van der Waals surface area (Å²) in [5.74, 6) is -1.50. The Labute approximate surface area is 80.7 Å². The van der Waals surface area contributed by atoms with Crippen molar-refractivity contribution in [1.82, 2.24) is 0 Å². The molecule has 0 spiro atoms. The number of hydrogen-bond donors (Lipinski definition) is 3. The van der Waals surface area contributed by atoms with Gasteiger partial charge in [-0.2, -0.15) is 4.39 Å². The number of halogens is 1. The molecule has 0 heterocycles. The number of methoxy groups -OCH3 is 1. The van der Waals surface area contributed by atoms with Crippen molar-refractivity contribution in [2.24, 2.45) is 5.73 Å². The molecule has 0 aliphatic carbocycles. The van der Waals surface area contributed by atoms with Crippen molar-refractivity contribution in [3.8, 4) is 11.5 Å². The number of benzene rings is 1. The summed E-state index contributed by atoms with van der Waals surface area (Å²) in [6.45, 7) is -0.362. The predicted molar refractivity (Wildman–Crippen MR) is 48.6 cm³/mol. The number of rotatable bonds is 3. The summed E-state index contributed by atoms with van der Waals surface area (Å²) in [5, 5.41) is 18.1. The van der Waals surface area contributed by atoms with Gasteiger partial charge < -0.3 is 20.7 Å². The normalized spacial score (nSPS) is 12.6. The predicted octanol–water partition coefficient (Wildman–Crippen LogP) is 0.532. The Morgan fingerprint density at radius 1 is 1.57 bits per heavy atom. The van der Waals surface area contributed by atoms with Crippen LogP contribution in [0.15, 0.2) is 12.1 Å². The fraction of sp³-hybridized carbons (Fsp3) is 0.333. The molecule has 4 N–H and O–H groups in total. The third-order valence-electron chi connectivity index (χ3n) is 1.93. The zero-order valence-corrected chi connectivity index (χ0v) is 7.70. The highest BCUT2D eigenvalue weighted by atomic mass is 19.1. The van der Waals surface area contributed by atoms with Crippen LogP contribution in [0.4, 0.5) is 4.39 Å². The molecule has 0 bridgehead atoms. The quantitative estimate of drug-likeness (QED) is 0.666. The average molecular weight is 201 g/mol. The molecule has 1 rings (SSSR count). The Hall–Kier alpha value is -1.33. The van der Waals surface area contributed by atoms with E-state index in [2.05, 4.69) is 4.74 Å². The van der Waals surface area contributed by atoms with Gasteiger partial charge in [0.25, 0.3) is 0 Å².